The number of aromatic nitrogens is 2. The fourth-order valence-electron chi connectivity index (χ4n) is 2.21. The number of ether oxygens (including phenoxy) is 1. The SMILES string of the molecule is Cc1nn(-c2cccc(Cl)c2)c2sc(C(=O)O[C@H](C)C(N)=O)cc12. The highest BCUT2D eigenvalue weighted by atomic mass is 35.5. The molecule has 124 valence electrons. The van der Waals surface area contributed by atoms with Gasteiger partial charge in [0.05, 0.1) is 11.4 Å². The van der Waals surface area contributed by atoms with Crippen molar-refractivity contribution in [2.75, 3.05) is 0 Å². The Morgan fingerprint density at radius 1 is 1.38 bits per heavy atom. The molecule has 2 N–H and O–H groups in total. The van der Waals surface area contributed by atoms with E-state index >= 15 is 0 Å². The van der Waals surface area contributed by atoms with Crippen LogP contribution in [-0.4, -0.2) is 27.8 Å². The summed E-state index contributed by atoms with van der Waals surface area (Å²) in [5, 5.41) is 5.94. The number of hydrogen-bond acceptors (Lipinski definition) is 5. The average molecular weight is 364 g/mol. The molecule has 0 saturated carbocycles. The van der Waals surface area contributed by atoms with Gasteiger partial charge in [0, 0.05) is 10.4 Å². The first-order valence-electron chi connectivity index (χ1n) is 7.12. The largest absolute Gasteiger partial charge is 0.448 e. The standard InChI is InChI=1S/C16H14ClN3O3S/c1-8-12-7-13(16(22)23-9(2)14(18)21)24-15(12)20(19-8)11-5-3-4-10(17)6-11/h3-7,9H,1-2H3,(H2,18,21)/t9-/m1/s1. The summed E-state index contributed by atoms with van der Waals surface area (Å²) in [5.74, 6) is -1.27. The Morgan fingerprint density at radius 3 is 2.79 bits per heavy atom. The van der Waals surface area contributed by atoms with Crippen molar-refractivity contribution in [3.05, 3.63) is 45.9 Å². The Morgan fingerprint density at radius 2 is 2.12 bits per heavy atom. The number of primary amides is 1. The Kier molecular flexibility index (Phi) is 4.29. The van der Waals surface area contributed by atoms with Crippen LogP contribution in [0.1, 0.15) is 22.3 Å². The van der Waals surface area contributed by atoms with E-state index in [4.69, 9.17) is 22.1 Å². The van der Waals surface area contributed by atoms with Crippen molar-refractivity contribution < 1.29 is 14.3 Å². The lowest BCUT2D eigenvalue weighted by Gasteiger charge is -2.07. The zero-order valence-electron chi connectivity index (χ0n) is 12.9. The number of esters is 1. The van der Waals surface area contributed by atoms with E-state index in [1.165, 1.54) is 18.3 Å². The molecule has 6 nitrogen and oxygen atoms in total. The molecule has 0 aliphatic rings. The minimum absolute atomic E-state index is 0.384. The molecule has 0 spiro atoms. The predicted molar refractivity (Wildman–Crippen MR) is 92.8 cm³/mol. The molecule has 1 atom stereocenters. The number of nitrogens with two attached hydrogens (primary N) is 1. The van der Waals surface area contributed by atoms with Crippen molar-refractivity contribution in [1.29, 1.82) is 0 Å². The van der Waals surface area contributed by atoms with Gasteiger partial charge in [-0.05, 0) is 38.1 Å². The number of halogens is 1. The molecule has 24 heavy (non-hydrogen) atoms. The number of aryl methyl sites for hydroxylation is 1. The van der Waals surface area contributed by atoms with Gasteiger partial charge in [-0.25, -0.2) is 9.48 Å². The summed E-state index contributed by atoms with van der Waals surface area (Å²) in [7, 11) is 0. The first kappa shape index (κ1) is 16.5. The van der Waals surface area contributed by atoms with Gasteiger partial charge in [0.2, 0.25) is 0 Å². The lowest BCUT2D eigenvalue weighted by Crippen LogP contribution is -2.30. The van der Waals surface area contributed by atoms with Crippen LogP contribution in [0, 0.1) is 6.92 Å². The highest BCUT2D eigenvalue weighted by Gasteiger charge is 2.21. The van der Waals surface area contributed by atoms with Crippen molar-refractivity contribution in [3.8, 4) is 5.69 Å². The molecule has 2 heterocycles. The van der Waals surface area contributed by atoms with Gasteiger partial charge >= 0.3 is 5.97 Å². The van der Waals surface area contributed by atoms with Crippen molar-refractivity contribution >= 4 is 45.0 Å². The maximum atomic E-state index is 12.2. The molecule has 0 aliphatic heterocycles. The van der Waals surface area contributed by atoms with E-state index in [0.29, 0.717) is 9.90 Å². The van der Waals surface area contributed by atoms with Gasteiger partial charge in [0.1, 0.15) is 9.71 Å². The zero-order chi connectivity index (χ0) is 17.4. The van der Waals surface area contributed by atoms with Gasteiger partial charge in [0.25, 0.3) is 5.91 Å². The van der Waals surface area contributed by atoms with Gasteiger partial charge in [-0.3, -0.25) is 4.79 Å². The van der Waals surface area contributed by atoms with Crippen molar-refractivity contribution in [3.63, 3.8) is 0 Å². The molecule has 0 fully saturated rings. The highest BCUT2D eigenvalue weighted by Crippen LogP contribution is 2.31. The minimum atomic E-state index is -0.978. The highest BCUT2D eigenvalue weighted by molar-refractivity contribution is 7.20. The molecular weight excluding hydrogens is 350 g/mol. The molecule has 0 saturated heterocycles. The van der Waals surface area contributed by atoms with Crippen molar-refractivity contribution in [2.45, 2.75) is 20.0 Å². The van der Waals surface area contributed by atoms with E-state index in [1.54, 1.807) is 22.9 Å². The number of amides is 1. The molecule has 1 aromatic carbocycles. The van der Waals surface area contributed by atoms with Crippen LogP contribution in [-0.2, 0) is 9.53 Å². The van der Waals surface area contributed by atoms with Gasteiger partial charge < -0.3 is 10.5 Å². The third-order valence-corrected chi connectivity index (χ3v) is 4.81. The average Bonchev–Trinajstić information content (AvgIpc) is 3.08. The third kappa shape index (κ3) is 3.00. The van der Waals surface area contributed by atoms with Crippen LogP contribution in [0.4, 0.5) is 0 Å². The second-order valence-corrected chi connectivity index (χ2v) is 6.72. The zero-order valence-corrected chi connectivity index (χ0v) is 14.5. The third-order valence-electron chi connectivity index (χ3n) is 3.48. The van der Waals surface area contributed by atoms with E-state index in [2.05, 4.69) is 5.10 Å². The summed E-state index contributed by atoms with van der Waals surface area (Å²) in [6.07, 6.45) is -0.978. The smallest absolute Gasteiger partial charge is 0.349 e. The van der Waals surface area contributed by atoms with Crippen LogP contribution < -0.4 is 5.73 Å². The summed E-state index contributed by atoms with van der Waals surface area (Å²) in [6, 6.07) is 8.99. The number of nitrogens with zero attached hydrogens (tertiary/aromatic N) is 2. The molecule has 2 aromatic heterocycles. The summed E-state index contributed by atoms with van der Waals surface area (Å²) < 4.78 is 6.78. The number of benzene rings is 1. The summed E-state index contributed by atoms with van der Waals surface area (Å²) >= 11 is 7.28. The molecule has 3 aromatic rings. The fourth-order valence-corrected chi connectivity index (χ4v) is 3.46. The van der Waals surface area contributed by atoms with Gasteiger partial charge in [-0.15, -0.1) is 11.3 Å². The van der Waals surface area contributed by atoms with E-state index in [9.17, 15) is 9.59 Å². The van der Waals surface area contributed by atoms with Crippen LogP contribution in [0.25, 0.3) is 15.9 Å². The second-order valence-electron chi connectivity index (χ2n) is 5.26. The lowest BCUT2D eigenvalue weighted by atomic mass is 10.3. The van der Waals surface area contributed by atoms with Crippen LogP contribution in [0.3, 0.4) is 0 Å². The number of fused-ring (bicyclic) bond motifs is 1. The van der Waals surface area contributed by atoms with E-state index in [0.717, 1.165) is 21.6 Å². The Hall–Kier alpha value is -2.38. The Balaban J connectivity index is 2.01. The Bertz CT molecular complexity index is 947. The fraction of sp³-hybridized carbons (Fsp3) is 0.188. The molecule has 0 aliphatic carbocycles. The summed E-state index contributed by atoms with van der Waals surface area (Å²) in [5.41, 5.74) is 6.70. The van der Waals surface area contributed by atoms with Crippen molar-refractivity contribution in [2.24, 2.45) is 5.73 Å². The van der Waals surface area contributed by atoms with Gasteiger partial charge in [0.15, 0.2) is 6.10 Å². The lowest BCUT2D eigenvalue weighted by molar-refractivity contribution is -0.125. The van der Waals surface area contributed by atoms with Crippen molar-refractivity contribution in [1.82, 2.24) is 9.78 Å². The molecule has 3 rings (SSSR count). The van der Waals surface area contributed by atoms with Crippen LogP contribution in [0.2, 0.25) is 5.02 Å². The molecule has 8 heteroatoms. The number of thiophene rings is 1. The minimum Gasteiger partial charge on any atom is -0.448 e. The molecular formula is C16H14ClN3O3S. The van der Waals surface area contributed by atoms with E-state index in [-0.39, 0.29) is 0 Å². The first-order chi connectivity index (χ1) is 11.4. The molecule has 0 bridgehead atoms. The van der Waals surface area contributed by atoms with Crippen LogP contribution in [0.15, 0.2) is 30.3 Å². The van der Waals surface area contributed by atoms with E-state index in [1.807, 2.05) is 19.1 Å². The second kappa shape index (κ2) is 6.26. The number of rotatable bonds is 4. The molecule has 0 unspecified atom stereocenters. The Labute approximate surface area is 146 Å². The quantitative estimate of drug-likeness (QED) is 0.721. The maximum absolute atomic E-state index is 12.2. The van der Waals surface area contributed by atoms with Gasteiger partial charge in [-0.2, -0.15) is 5.10 Å². The molecule has 0 radical (unpaired) electrons. The van der Waals surface area contributed by atoms with Crippen LogP contribution >= 0.6 is 22.9 Å². The predicted octanol–water partition coefficient (Wildman–Crippen LogP) is 3.08. The summed E-state index contributed by atoms with van der Waals surface area (Å²) in [4.78, 5) is 24.4. The normalized spacial score (nSPS) is 12.3. The van der Waals surface area contributed by atoms with Crippen LogP contribution in [0.5, 0.6) is 0 Å². The number of hydrogen-bond donors (Lipinski definition) is 1. The first-order valence-corrected chi connectivity index (χ1v) is 8.31. The number of carbonyl (C=O) groups is 2. The monoisotopic (exact) mass is 363 g/mol. The molecule has 1 amide bonds. The summed E-state index contributed by atoms with van der Waals surface area (Å²) in [6.45, 7) is 3.30. The van der Waals surface area contributed by atoms with E-state index < -0.39 is 18.0 Å². The van der Waals surface area contributed by atoms with Gasteiger partial charge in [-0.1, -0.05) is 17.7 Å². The maximum Gasteiger partial charge on any atom is 0.349 e. The number of carbonyl (C=O) groups excluding carboxylic acids is 2. The topological polar surface area (TPSA) is 87.2 Å².